The van der Waals surface area contributed by atoms with E-state index in [9.17, 15) is 0 Å². The Kier molecular flexibility index (Phi) is 5.94. The van der Waals surface area contributed by atoms with Gasteiger partial charge in [-0.3, -0.25) is 9.88 Å². The van der Waals surface area contributed by atoms with Crippen molar-refractivity contribution in [3.63, 3.8) is 0 Å². The Labute approximate surface area is 198 Å². The molecule has 31 heavy (non-hydrogen) atoms. The van der Waals surface area contributed by atoms with Crippen LogP contribution in [0.25, 0.3) is 22.6 Å². The van der Waals surface area contributed by atoms with Gasteiger partial charge in [0.1, 0.15) is 0 Å². The fraction of sp³-hybridized carbons (Fsp3) is 0.160. The predicted octanol–water partition coefficient (Wildman–Crippen LogP) is 6.29. The molecule has 3 heterocycles. The lowest BCUT2D eigenvalue weighted by Gasteiger charge is -2.28. The number of aromatic nitrogens is 3. The molecule has 0 saturated heterocycles. The van der Waals surface area contributed by atoms with Crippen molar-refractivity contribution in [2.45, 2.75) is 19.5 Å². The number of fused-ring (bicyclic) bond motifs is 1. The first-order valence-corrected chi connectivity index (χ1v) is 11.8. The molecule has 2 aromatic heterocycles. The first-order valence-electron chi connectivity index (χ1n) is 10.2. The fourth-order valence-corrected chi connectivity index (χ4v) is 5.18. The summed E-state index contributed by atoms with van der Waals surface area (Å²) in [6.07, 6.45) is 4.91. The molecule has 0 unspecified atom stereocenters. The predicted molar refractivity (Wildman–Crippen MR) is 130 cm³/mol. The Bertz CT molecular complexity index is 1190. The van der Waals surface area contributed by atoms with E-state index in [-0.39, 0.29) is 0 Å². The molecule has 0 amide bonds. The molecule has 0 N–H and O–H groups in total. The maximum atomic E-state index is 4.83. The number of pyridine rings is 1. The van der Waals surface area contributed by atoms with Crippen molar-refractivity contribution in [2.24, 2.45) is 0 Å². The van der Waals surface area contributed by atoms with Crippen LogP contribution in [0.3, 0.4) is 0 Å². The third kappa shape index (κ3) is 4.76. The molecule has 6 heteroatoms. The maximum absolute atomic E-state index is 4.83. The van der Waals surface area contributed by atoms with Crippen LogP contribution in [0, 0.1) is 0 Å². The molecule has 4 nitrogen and oxygen atoms in total. The van der Waals surface area contributed by atoms with E-state index in [1.807, 2.05) is 36.7 Å². The minimum atomic E-state index is 0.812. The number of hydrogen-bond donors (Lipinski definition) is 0. The Hall–Kier alpha value is -2.41. The van der Waals surface area contributed by atoms with Crippen LogP contribution in [0.2, 0.25) is 0 Å². The lowest BCUT2D eigenvalue weighted by molar-refractivity contribution is 0.242. The normalized spacial score (nSPS) is 13.7. The molecule has 0 bridgehead atoms. The number of rotatable bonds is 4. The molecule has 0 spiro atoms. The van der Waals surface area contributed by atoms with Crippen LogP contribution in [0.15, 0.2) is 82.0 Å². The zero-order chi connectivity index (χ0) is 21.2. The molecule has 1 aliphatic rings. The molecule has 0 atom stereocenters. The largest absolute Gasteiger partial charge is 0.294 e. The molecule has 0 fully saturated rings. The monoisotopic (exact) mass is 534 g/mol. The van der Waals surface area contributed by atoms with Gasteiger partial charge >= 0.3 is 0 Å². The summed E-state index contributed by atoms with van der Waals surface area (Å²) in [6.45, 7) is 2.72. The summed E-state index contributed by atoms with van der Waals surface area (Å²) in [5.74, 6) is 0.812. The highest BCUT2D eigenvalue weighted by atomic mass is 79.9. The molecular weight excluding hydrogens is 516 g/mol. The van der Waals surface area contributed by atoms with Crippen LogP contribution in [0.1, 0.15) is 16.8 Å². The molecule has 0 aliphatic carbocycles. The molecule has 5 rings (SSSR count). The van der Waals surface area contributed by atoms with Gasteiger partial charge in [-0.25, -0.2) is 9.97 Å². The van der Waals surface area contributed by atoms with Gasteiger partial charge in [0, 0.05) is 64.1 Å². The van der Waals surface area contributed by atoms with Crippen LogP contribution in [-0.2, 0) is 19.5 Å². The molecule has 0 radical (unpaired) electrons. The molecule has 2 aromatic carbocycles. The number of halogens is 2. The molecule has 0 saturated carbocycles. The average Bonchev–Trinajstić information content (AvgIpc) is 2.79. The van der Waals surface area contributed by atoms with Crippen molar-refractivity contribution in [1.82, 2.24) is 19.9 Å². The van der Waals surface area contributed by atoms with Crippen molar-refractivity contribution in [3.8, 4) is 22.6 Å². The maximum Gasteiger partial charge on any atom is 0.159 e. The van der Waals surface area contributed by atoms with E-state index >= 15 is 0 Å². The highest BCUT2D eigenvalue weighted by molar-refractivity contribution is 9.11. The van der Waals surface area contributed by atoms with Crippen LogP contribution < -0.4 is 0 Å². The summed E-state index contributed by atoms with van der Waals surface area (Å²) in [5.41, 5.74) is 6.72. The standard InChI is InChI=1S/C25H20Br2N4/c26-21-10-19(11-22(27)12-21)23-7-6-17(13-28-23)15-31-9-8-24-20(16-31)14-29-25(30-24)18-4-2-1-3-5-18/h1-7,10-14H,8-9,15-16H2. The average molecular weight is 536 g/mol. The lowest BCUT2D eigenvalue weighted by Crippen LogP contribution is -2.31. The van der Waals surface area contributed by atoms with Crippen LogP contribution in [-0.4, -0.2) is 26.4 Å². The zero-order valence-corrected chi connectivity index (χ0v) is 20.0. The van der Waals surface area contributed by atoms with Crippen molar-refractivity contribution in [2.75, 3.05) is 6.54 Å². The van der Waals surface area contributed by atoms with Crippen LogP contribution in [0.4, 0.5) is 0 Å². The van der Waals surface area contributed by atoms with Gasteiger partial charge in [-0.15, -0.1) is 0 Å². The van der Waals surface area contributed by atoms with Gasteiger partial charge in [0.25, 0.3) is 0 Å². The zero-order valence-electron chi connectivity index (χ0n) is 16.8. The Morgan fingerprint density at radius 1 is 0.839 bits per heavy atom. The molecular formula is C25H20Br2N4. The molecule has 4 aromatic rings. The van der Waals surface area contributed by atoms with Crippen molar-refractivity contribution >= 4 is 31.9 Å². The van der Waals surface area contributed by atoms with Crippen molar-refractivity contribution in [3.05, 3.63) is 98.8 Å². The third-order valence-corrected chi connectivity index (χ3v) is 6.35. The molecule has 1 aliphatic heterocycles. The van der Waals surface area contributed by atoms with E-state index < -0.39 is 0 Å². The number of nitrogens with zero attached hydrogens (tertiary/aromatic N) is 4. The SMILES string of the molecule is Brc1cc(Br)cc(-c2ccc(CN3CCc4nc(-c5ccccc5)ncc4C3)cn2)c1. The summed E-state index contributed by atoms with van der Waals surface area (Å²) < 4.78 is 2.07. The Balaban J connectivity index is 1.28. The fourth-order valence-electron chi connectivity index (χ4n) is 3.88. The van der Waals surface area contributed by atoms with Crippen molar-refractivity contribution < 1.29 is 0 Å². The van der Waals surface area contributed by atoms with E-state index in [1.54, 1.807) is 0 Å². The van der Waals surface area contributed by atoms with Crippen molar-refractivity contribution in [1.29, 1.82) is 0 Å². The second-order valence-corrected chi connectivity index (χ2v) is 9.53. The smallest absolute Gasteiger partial charge is 0.159 e. The van der Waals surface area contributed by atoms with E-state index in [1.165, 1.54) is 16.8 Å². The van der Waals surface area contributed by atoms with Crippen LogP contribution >= 0.6 is 31.9 Å². The summed E-state index contributed by atoms with van der Waals surface area (Å²) in [4.78, 5) is 16.6. The minimum absolute atomic E-state index is 0.812. The molecule has 154 valence electrons. The second-order valence-electron chi connectivity index (χ2n) is 7.70. The number of benzene rings is 2. The van der Waals surface area contributed by atoms with Gasteiger partial charge in [-0.2, -0.15) is 0 Å². The Morgan fingerprint density at radius 2 is 1.65 bits per heavy atom. The van der Waals surface area contributed by atoms with Crippen LogP contribution in [0.5, 0.6) is 0 Å². The summed E-state index contributed by atoms with van der Waals surface area (Å²) in [6, 6.07) is 20.6. The first kappa shape index (κ1) is 20.5. The van der Waals surface area contributed by atoms with E-state index in [2.05, 4.69) is 78.1 Å². The highest BCUT2D eigenvalue weighted by Gasteiger charge is 2.19. The Morgan fingerprint density at radius 3 is 2.39 bits per heavy atom. The van der Waals surface area contributed by atoms with E-state index in [4.69, 9.17) is 9.97 Å². The highest BCUT2D eigenvalue weighted by Crippen LogP contribution is 2.27. The third-order valence-electron chi connectivity index (χ3n) is 5.43. The summed E-state index contributed by atoms with van der Waals surface area (Å²) >= 11 is 7.09. The van der Waals surface area contributed by atoms with E-state index in [0.717, 1.165) is 57.6 Å². The lowest BCUT2D eigenvalue weighted by atomic mass is 10.1. The number of hydrogen-bond acceptors (Lipinski definition) is 4. The van der Waals surface area contributed by atoms with Gasteiger partial charge < -0.3 is 0 Å². The first-order chi connectivity index (χ1) is 15.1. The minimum Gasteiger partial charge on any atom is -0.294 e. The van der Waals surface area contributed by atoms with Gasteiger partial charge in [0.05, 0.1) is 11.4 Å². The van der Waals surface area contributed by atoms with Gasteiger partial charge in [-0.05, 0) is 29.8 Å². The quantitative estimate of drug-likeness (QED) is 0.308. The van der Waals surface area contributed by atoms with Gasteiger partial charge in [0.15, 0.2) is 5.82 Å². The van der Waals surface area contributed by atoms with Gasteiger partial charge in [0.2, 0.25) is 0 Å². The van der Waals surface area contributed by atoms with Gasteiger partial charge in [-0.1, -0.05) is 68.3 Å². The van der Waals surface area contributed by atoms with E-state index in [0.29, 0.717) is 0 Å². The summed E-state index contributed by atoms with van der Waals surface area (Å²) in [5, 5.41) is 0. The topological polar surface area (TPSA) is 41.9 Å². The summed E-state index contributed by atoms with van der Waals surface area (Å²) in [7, 11) is 0. The second kappa shape index (κ2) is 8.99.